The third-order valence-electron chi connectivity index (χ3n) is 2.97. The highest BCUT2D eigenvalue weighted by atomic mass is 16.1. The molecular weight excluding hydrogens is 258 g/mol. The summed E-state index contributed by atoms with van der Waals surface area (Å²) >= 11 is 0. The van der Waals surface area contributed by atoms with Gasteiger partial charge in [0.15, 0.2) is 11.5 Å². The maximum absolute atomic E-state index is 11.6. The lowest BCUT2D eigenvalue weighted by Gasteiger charge is -2.07. The Labute approximate surface area is 114 Å². The van der Waals surface area contributed by atoms with Crippen LogP contribution < -0.4 is 11.0 Å². The molecule has 3 aromatic heterocycles. The van der Waals surface area contributed by atoms with Crippen molar-refractivity contribution < 1.29 is 0 Å². The SMILES string of the molecule is CNc1nc(Cn2cccnc2=O)nc2c1cnn2C. The first-order chi connectivity index (χ1) is 9.69. The molecule has 0 aliphatic heterocycles. The Morgan fingerprint density at radius 2 is 2.20 bits per heavy atom. The molecule has 102 valence electrons. The van der Waals surface area contributed by atoms with E-state index in [9.17, 15) is 4.79 Å². The van der Waals surface area contributed by atoms with Gasteiger partial charge in [0.2, 0.25) is 0 Å². The van der Waals surface area contributed by atoms with E-state index in [0.29, 0.717) is 11.6 Å². The largest absolute Gasteiger partial charge is 0.372 e. The number of nitrogens with zero attached hydrogens (tertiary/aromatic N) is 6. The van der Waals surface area contributed by atoms with Gasteiger partial charge in [-0.15, -0.1) is 0 Å². The molecule has 3 heterocycles. The minimum atomic E-state index is -0.327. The van der Waals surface area contributed by atoms with Crippen molar-refractivity contribution in [3.05, 3.63) is 41.0 Å². The Morgan fingerprint density at radius 3 is 2.95 bits per heavy atom. The molecule has 0 saturated carbocycles. The van der Waals surface area contributed by atoms with Crippen LogP contribution in [0.5, 0.6) is 0 Å². The standard InChI is InChI=1S/C12H13N7O/c1-13-10-8-6-15-18(2)11(8)17-9(16-10)7-19-5-3-4-14-12(19)20/h3-6H,7H2,1-2H3,(H,13,16,17). The van der Waals surface area contributed by atoms with Gasteiger partial charge >= 0.3 is 5.69 Å². The van der Waals surface area contributed by atoms with Gasteiger partial charge in [0.25, 0.3) is 0 Å². The smallest absolute Gasteiger partial charge is 0.347 e. The number of hydrogen-bond donors (Lipinski definition) is 1. The molecule has 0 bridgehead atoms. The lowest BCUT2D eigenvalue weighted by atomic mass is 10.3. The summed E-state index contributed by atoms with van der Waals surface area (Å²) in [6.45, 7) is 0.266. The van der Waals surface area contributed by atoms with E-state index in [4.69, 9.17) is 0 Å². The van der Waals surface area contributed by atoms with Crippen LogP contribution in [0.2, 0.25) is 0 Å². The summed E-state index contributed by atoms with van der Waals surface area (Å²) in [4.78, 5) is 24.2. The highest BCUT2D eigenvalue weighted by molar-refractivity contribution is 5.86. The van der Waals surface area contributed by atoms with E-state index in [-0.39, 0.29) is 12.2 Å². The number of rotatable bonds is 3. The Bertz CT molecular complexity index is 820. The average Bonchev–Trinajstić information content (AvgIpc) is 2.82. The molecule has 1 N–H and O–H groups in total. The van der Waals surface area contributed by atoms with Crippen LogP contribution in [0, 0.1) is 0 Å². The van der Waals surface area contributed by atoms with E-state index in [1.807, 2.05) is 7.05 Å². The van der Waals surface area contributed by atoms with Crippen LogP contribution >= 0.6 is 0 Å². The van der Waals surface area contributed by atoms with Crippen molar-refractivity contribution in [2.24, 2.45) is 7.05 Å². The third kappa shape index (κ3) is 2.00. The fourth-order valence-electron chi connectivity index (χ4n) is 1.99. The quantitative estimate of drug-likeness (QED) is 0.721. The van der Waals surface area contributed by atoms with Crippen molar-refractivity contribution in [1.82, 2.24) is 29.3 Å². The average molecular weight is 271 g/mol. The zero-order valence-corrected chi connectivity index (χ0v) is 11.1. The number of aryl methyl sites for hydroxylation is 1. The first-order valence-corrected chi connectivity index (χ1v) is 6.07. The predicted octanol–water partition coefficient (Wildman–Crippen LogP) is 0.01000. The van der Waals surface area contributed by atoms with Gasteiger partial charge in [-0.05, 0) is 6.07 Å². The predicted molar refractivity (Wildman–Crippen MR) is 73.4 cm³/mol. The van der Waals surface area contributed by atoms with Gasteiger partial charge < -0.3 is 5.32 Å². The first-order valence-electron chi connectivity index (χ1n) is 6.07. The Balaban J connectivity index is 2.10. The molecule has 0 atom stereocenters. The van der Waals surface area contributed by atoms with Gasteiger partial charge in [0.1, 0.15) is 5.82 Å². The van der Waals surface area contributed by atoms with Crippen LogP contribution in [0.15, 0.2) is 29.5 Å². The highest BCUT2D eigenvalue weighted by Gasteiger charge is 2.11. The molecule has 0 unspecified atom stereocenters. The van der Waals surface area contributed by atoms with Crippen LogP contribution in [-0.2, 0) is 13.6 Å². The second-order valence-electron chi connectivity index (χ2n) is 4.27. The summed E-state index contributed by atoms with van der Waals surface area (Å²) in [7, 11) is 3.60. The fourth-order valence-corrected chi connectivity index (χ4v) is 1.99. The van der Waals surface area contributed by atoms with Gasteiger partial charge in [0, 0.05) is 26.5 Å². The molecule has 0 aliphatic rings. The number of nitrogens with one attached hydrogen (secondary N) is 1. The summed E-state index contributed by atoms with van der Waals surface area (Å²) in [6, 6.07) is 1.70. The number of anilines is 1. The van der Waals surface area contributed by atoms with Crippen LogP contribution in [0.3, 0.4) is 0 Å². The molecule has 8 heteroatoms. The van der Waals surface area contributed by atoms with E-state index in [2.05, 4.69) is 25.4 Å². The van der Waals surface area contributed by atoms with Crippen LogP contribution in [0.1, 0.15) is 5.82 Å². The van der Waals surface area contributed by atoms with Crippen molar-refractivity contribution in [2.45, 2.75) is 6.54 Å². The van der Waals surface area contributed by atoms with Crippen molar-refractivity contribution in [3.8, 4) is 0 Å². The molecule has 0 spiro atoms. The second-order valence-corrected chi connectivity index (χ2v) is 4.27. The lowest BCUT2D eigenvalue weighted by molar-refractivity contribution is 0.689. The van der Waals surface area contributed by atoms with Crippen LogP contribution in [0.4, 0.5) is 5.82 Å². The number of aromatic nitrogens is 6. The minimum Gasteiger partial charge on any atom is -0.372 e. The van der Waals surface area contributed by atoms with Gasteiger partial charge in [0.05, 0.1) is 18.1 Å². The molecule has 0 aliphatic carbocycles. The monoisotopic (exact) mass is 271 g/mol. The molecule has 0 amide bonds. The Morgan fingerprint density at radius 1 is 1.35 bits per heavy atom. The number of fused-ring (bicyclic) bond motifs is 1. The second kappa shape index (κ2) is 4.72. The molecule has 8 nitrogen and oxygen atoms in total. The molecule has 20 heavy (non-hydrogen) atoms. The molecule has 3 aromatic rings. The summed E-state index contributed by atoms with van der Waals surface area (Å²) in [6.07, 6.45) is 4.83. The van der Waals surface area contributed by atoms with Gasteiger partial charge in [-0.25, -0.2) is 19.7 Å². The molecule has 0 fully saturated rings. The maximum atomic E-state index is 11.6. The highest BCUT2D eigenvalue weighted by Crippen LogP contribution is 2.18. The van der Waals surface area contributed by atoms with Crippen LogP contribution in [0.25, 0.3) is 11.0 Å². The van der Waals surface area contributed by atoms with Crippen molar-refractivity contribution in [2.75, 3.05) is 12.4 Å². The van der Waals surface area contributed by atoms with E-state index in [1.165, 1.54) is 10.8 Å². The summed E-state index contributed by atoms with van der Waals surface area (Å²) in [5.41, 5.74) is 0.392. The van der Waals surface area contributed by atoms with E-state index >= 15 is 0 Å². The first kappa shape index (κ1) is 12.3. The maximum Gasteiger partial charge on any atom is 0.347 e. The molecular formula is C12H13N7O. The van der Waals surface area contributed by atoms with Crippen molar-refractivity contribution in [1.29, 1.82) is 0 Å². The zero-order valence-electron chi connectivity index (χ0n) is 11.1. The van der Waals surface area contributed by atoms with E-state index in [0.717, 1.165) is 11.0 Å². The molecule has 3 rings (SSSR count). The van der Waals surface area contributed by atoms with Crippen molar-refractivity contribution >= 4 is 16.9 Å². The van der Waals surface area contributed by atoms with Crippen LogP contribution in [-0.4, -0.2) is 36.3 Å². The Kier molecular flexibility index (Phi) is 2.90. The summed E-state index contributed by atoms with van der Waals surface area (Å²) < 4.78 is 3.13. The van der Waals surface area contributed by atoms with Gasteiger partial charge in [-0.1, -0.05) is 0 Å². The van der Waals surface area contributed by atoms with Gasteiger partial charge in [-0.2, -0.15) is 5.10 Å². The molecule has 0 radical (unpaired) electrons. The Hall–Kier alpha value is -2.77. The normalized spacial score (nSPS) is 10.9. The summed E-state index contributed by atoms with van der Waals surface area (Å²) in [5, 5.41) is 8.02. The van der Waals surface area contributed by atoms with E-state index in [1.54, 1.807) is 30.2 Å². The number of hydrogen-bond acceptors (Lipinski definition) is 6. The zero-order chi connectivity index (χ0) is 14.1. The topological polar surface area (TPSA) is 90.5 Å². The minimum absolute atomic E-state index is 0.266. The lowest BCUT2D eigenvalue weighted by Crippen LogP contribution is -2.23. The molecule has 0 saturated heterocycles. The van der Waals surface area contributed by atoms with Crippen molar-refractivity contribution in [3.63, 3.8) is 0 Å². The van der Waals surface area contributed by atoms with E-state index < -0.39 is 0 Å². The fraction of sp³-hybridized carbons (Fsp3) is 0.250. The third-order valence-corrected chi connectivity index (χ3v) is 2.97. The van der Waals surface area contributed by atoms with Gasteiger partial charge in [-0.3, -0.25) is 9.25 Å². The summed E-state index contributed by atoms with van der Waals surface area (Å²) in [5.74, 6) is 1.22. The molecule has 0 aromatic carbocycles.